The smallest absolute Gasteiger partial charge is 0.163 e. The van der Waals surface area contributed by atoms with E-state index in [4.69, 9.17) is 10.7 Å². The van der Waals surface area contributed by atoms with Crippen LogP contribution in [0, 0.1) is 6.92 Å². The van der Waals surface area contributed by atoms with Crippen molar-refractivity contribution in [1.29, 1.82) is 0 Å². The van der Waals surface area contributed by atoms with Gasteiger partial charge in [0.1, 0.15) is 10.6 Å². The Morgan fingerprint density at radius 1 is 1.07 bits per heavy atom. The predicted molar refractivity (Wildman–Crippen MR) is 121 cm³/mol. The first kappa shape index (κ1) is 18.3. The van der Waals surface area contributed by atoms with E-state index in [1.807, 2.05) is 12.1 Å². The van der Waals surface area contributed by atoms with E-state index in [9.17, 15) is 0 Å². The first-order valence-corrected chi connectivity index (χ1v) is 10.9. The van der Waals surface area contributed by atoms with Gasteiger partial charge in [-0.1, -0.05) is 54.1 Å². The van der Waals surface area contributed by atoms with E-state index < -0.39 is 0 Å². The fourth-order valence-corrected chi connectivity index (χ4v) is 5.31. The maximum Gasteiger partial charge on any atom is 0.163 e. The Bertz CT molecular complexity index is 1150. The lowest BCUT2D eigenvalue weighted by Crippen LogP contribution is -2.22. The molecule has 0 spiro atoms. The summed E-state index contributed by atoms with van der Waals surface area (Å²) in [6.07, 6.45) is 2.46. The highest BCUT2D eigenvalue weighted by atomic mass is 32.1. The van der Waals surface area contributed by atoms with E-state index in [0.717, 1.165) is 28.9 Å². The normalized spacial score (nSPS) is 17.2. The van der Waals surface area contributed by atoms with Crippen LogP contribution in [0.5, 0.6) is 0 Å². The van der Waals surface area contributed by atoms with Crippen LogP contribution in [0.4, 0.5) is 5.82 Å². The molecule has 1 aliphatic heterocycles. The van der Waals surface area contributed by atoms with Gasteiger partial charge in [-0.25, -0.2) is 9.97 Å². The van der Waals surface area contributed by atoms with Crippen molar-refractivity contribution in [3.05, 3.63) is 76.7 Å². The number of hydrogen-bond donors (Lipinski definition) is 1. The molecule has 1 saturated heterocycles. The molecular formula is C24H24N4S. The molecule has 4 aromatic rings. The van der Waals surface area contributed by atoms with E-state index in [1.54, 1.807) is 11.3 Å². The minimum absolute atomic E-state index is 0.493. The quantitative estimate of drug-likeness (QED) is 0.485. The number of aryl methyl sites for hydroxylation is 1. The van der Waals surface area contributed by atoms with Gasteiger partial charge in [-0.05, 0) is 44.0 Å². The Hall–Kier alpha value is -2.76. The van der Waals surface area contributed by atoms with Crippen LogP contribution in [0.15, 0.2) is 60.7 Å². The Labute approximate surface area is 175 Å². The van der Waals surface area contributed by atoms with E-state index in [1.165, 1.54) is 28.8 Å². The van der Waals surface area contributed by atoms with Gasteiger partial charge in [-0.2, -0.15) is 0 Å². The van der Waals surface area contributed by atoms with Gasteiger partial charge in [0.2, 0.25) is 0 Å². The highest BCUT2D eigenvalue weighted by Crippen LogP contribution is 2.36. The number of likely N-dealkylation sites (tertiary alicyclic amines) is 1. The molecule has 1 aliphatic rings. The van der Waals surface area contributed by atoms with Gasteiger partial charge < -0.3 is 5.73 Å². The number of nitrogens with zero attached hydrogens (tertiary/aromatic N) is 3. The van der Waals surface area contributed by atoms with Crippen LogP contribution in [0.25, 0.3) is 21.6 Å². The second-order valence-electron chi connectivity index (χ2n) is 7.77. The Balaban J connectivity index is 1.45. The first-order chi connectivity index (χ1) is 14.2. The van der Waals surface area contributed by atoms with E-state index in [0.29, 0.717) is 17.7 Å². The highest BCUT2D eigenvalue weighted by molar-refractivity contribution is 7.18. The van der Waals surface area contributed by atoms with Crippen molar-refractivity contribution in [2.45, 2.75) is 32.4 Å². The molecule has 1 fully saturated rings. The van der Waals surface area contributed by atoms with Crippen molar-refractivity contribution < 1.29 is 0 Å². The van der Waals surface area contributed by atoms with Gasteiger partial charge in [-0.15, -0.1) is 11.3 Å². The summed E-state index contributed by atoms with van der Waals surface area (Å²) in [6, 6.07) is 21.8. The summed E-state index contributed by atoms with van der Waals surface area (Å²) in [5.41, 5.74) is 9.93. The van der Waals surface area contributed by atoms with Crippen molar-refractivity contribution in [2.24, 2.45) is 0 Å². The summed E-state index contributed by atoms with van der Waals surface area (Å²) in [5.74, 6) is 1.27. The van der Waals surface area contributed by atoms with Gasteiger partial charge in [-0.3, -0.25) is 4.90 Å². The lowest BCUT2D eigenvalue weighted by Gasteiger charge is -2.24. The zero-order valence-electron chi connectivity index (χ0n) is 16.5. The molecule has 2 aromatic carbocycles. The first-order valence-electron chi connectivity index (χ1n) is 10.1. The molecule has 3 heterocycles. The Kier molecular flexibility index (Phi) is 4.78. The molecule has 146 valence electrons. The van der Waals surface area contributed by atoms with Gasteiger partial charge in [0.15, 0.2) is 5.82 Å². The van der Waals surface area contributed by atoms with E-state index in [2.05, 4.69) is 65.3 Å². The molecule has 0 bridgehead atoms. The minimum Gasteiger partial charge on any atom is -0.383 e. The van der Waals surface area contributed by atoms with Crippen molar-refractivity contribution >= 4 is 27.4 Å². The number of fused-ring (bicyclic) bond motifs is 1. The van der Waals surface area contributed by atoms with Crippen LogP contribution in [-0.4, -0.2) is 21.4 Å². The molecule has 0 radical (unpaired) electrons. The molecule has 1 unspecified atom stereocenters. The average Bonchev–Trinajstić information content (AvgIpc) is 3.36. The van der Waals surface area contributed by atoms with E-state index in [-0.39, 0.29) is 0 Å². The molecule has 0 saturated carbocycles. The number of rotatable bonds is 4. The monoisotopic (exact) mass is 400 g/mol. The zero-order chi connectivity index (χ0) is 19.8. The van der Waals surface area contributed by atoms with Crippen molar-refractivity contribution in [3.8, 4) is 11.4 Å². The number of benzene rings is 2. The summed E-state index contributed by atoms with van der Waals surface area (Å²) < 4.78 is 0. The fraction of sp³-hybridized carbons (Fsp3) is 0.250. The number of anilines is 1. The number of nitrogen functional groups attached to an aromatic ring is 1. The number of thiophene rings is 1. The molecule has 29 heavy (non-hydrogen) atoms. The Morgan fingerprint density at radius 3 is 2.76 bits per heavy atom. The predicted octanol–water partition coefficient (Wildman–Crippen LogP) is 5.59. The molecule has 0 amide bonds. The summed E-state index contributed by atoms with van der Waals surface area (Å²) in [6.45, 7) is 4.14. The van der Waals surface area contributed by atoms with Crippen molar-refractivity contribution in [2.75, 3.05) is 12.3 Å². The molecule has 5 rings (SSSR count). The number of nitrogens with two attached hydrogens (primary N) is 1. The Morgan fingerprint density at radius 2 is 1.93 bits per heavy atom. The van der Waals surface area contributed by atoms with Gasteiger partial charge in [0, 0.05) is 23.0 Å². The molecule has 2 N–H and O–H groups in total. The topological polar surface area (TPSA) is 55.0 Å². The van der Waals surface area contributed by atoms with Crippen LogP contribution in [0.3, 0.4) is 0 Å². The summed E-state index contributed by atoms with van der Waals surface area (Å²) >= 11 is 1.74. The van der Waals surface area contributed by atoms with Gasteiger partial charge >= 0.3 is 0 Å². The maximum atomic E-state index is 6.31. The third-order valence-electron chi connectivity index (χ3n) is 5.66. The summed E-state index contributed by atoms with van der Waals surface area (Å²) in [4.78, 5) is 14.3. The number of hydrogen-bond acceptors (Lipinski definition) is 5. The standard InChI is InChI=1S/C24H24N4S/c1-16-7-5-10-18(13-16)23-26-22(25)20-14-19(29-24(20)27-23)15-28-12-6-11-21(28)17-8-3-2-4-9-17/h2-5,7-10,13-14,21H,6,11-12,15H2,1H3,(H2,25,26,27). The third-order valence-corrected chi connectivity index (χ3v) is 6.67. The SMILES string of the molecule is Cc1cccc(-c2nc(N)c3cc(CN4CCCC4c4ccccc4)sc3n2)c1. The summed E-state index contributed by atoms with van der Waals surface area (Å²) in [5, 5.41) is 0.969. The molecule has 4 nitrogen and oxygen atoms in total. The third kappa shape index (κ3) is 3.63. The largest absolute Gasteiger partial charge is 0.383 e. The van der Waals surface area contributed by atoms with Crippen LogP contribution < -0.4 is 5.73 Å². The van der Waals surface area contributed by atoms with Crippen LogP contribution in [0.1, 0.15) is 34.9 Å². The number of aromatic nitrogens is 2. The molecule has 2 aromatic heterocycles. The van der Waals surface area contributed by atoms with E-state index >= 15 is 0 Å². The molecule has 1 atom stereocenters. The second kappa shape index (κ2) is 7.58. The van der Waals surface area contributed by atoms with Crippen LogP contribution >= 0.6 is 11.3 Å². The summed E-state index contributed by atoms with van der Waals surface area (Å²) in [7, 11) is 0. The highest BCUT2D eigenvalue weighted by Gasteiger charge is 2.26. The fourth-order valence-electron chi connectivity index (χ4n) is 4.25. The average molecular weight is 401 g/mol. The minimum atomic E-state index is 0.493. The molecular weight excluding hydrogens is 376 g/mol. The van der Waals surface area contributed by atoms with Crippen LogP contribution in [-0.2, 0) is 6.54 Å². The lowest BCUT2D eigenvalue weighted by molar-refractivity contribution is 0.251. The van der Waals surface area contributed by atoms with Gasteiger partial charge in [0.05, 0.1) is 5.39 Å². The van der Waals surface area contributed by atoms with Crippen LogP contribution in [0.2, 0.25) is 0 Å². The zero-order valence-corrected chi connectivity index (χ0v) is 17.3. The van der Waals surface area contributed by atoms with Crippen molar-refractivity contribution in [1.82, 2.24) is 14.9 Å². The molecule has 0 aliphatic carbocycles. The maximum absolute atomic E-state index is 6.31. The van der Waals surface area contributed by atoms with Gasteiger partial charge in [0.25, 0.3) is 0 Å². The lowest BCUT2D eigenvalue weighted by atomic mass is 10.0. The molecule has 5 heteroatoms. The van der Waals surface area contributed by atoms with Crippen molar-refractivity contribution in [3.63, 3.8) is 0 Å². The second-order valence-corrected chi connectivity index (χ2v) is 8.89.